The predicted octanol–water partition coefficient (Wildman–Crippen LogP) is 0.171. The van der Waals surface area contributed by atoms with E-state index in [0.29, 0.717) is 6.61 Å². The molecule has 0 bridgehead atoms. The Kier molecular flexibility index (Phi) is 4.60. The molecule has 0 unspecified atom stereocenters. The SMILES string of the molecule is C[SH](C)OCCO. The van der Waals surface area contributed by atoms with Crippen LogP contribution in [0.4, 0.5) is 0 Å². The average molecular weight is 124 g/mol. The minimum atomic E-state index is -0.266. The Bertz CT molecular complexity index is 38.7. The fraction of sp³-hybridized carbons (Fsp3) is 1.00. The van der Waals surface area contributed by atoms with Crippen molar-refractivity contribution in [1.82, 2.24) is 0 Å². The molecule has 0 aliphatic heterocycles. The monoisotopic (exact) mass is 124 g/mol. The van der Waals surface area contributed by atoms with Crippen molar-refractivity contribution in [2.45, 2.75) is 0 Å². The molecule has 0 aromatic heterocycles. The summed E-state index contributed by atoms with van der Waals surface area (Å²) in [5, 5.41) is 8.20. The van der Waals surface area contributed by atoms with Gasteiger partial charge in [0.25, 0.3) is 0 Å². The van der Waals surface area contributed by atoms with E-state index in [0.717, 1.165) is 0 Å². The Labute approximate surface area is 47.0 Å². The Morgan fingerprint density at radius 3 is 2.29 bits per heavy atom. The van der Waals surface area contributed by atoms with Crippen molar-refractivity contribution >= 4 is 11.2 Å². The Hall–Kier alpha value is 0.270. The van der Waals surface area contributed by atoms with Crippen LogP contribution in [-0.2, 0) is 4.18 Å². The quantitative estimate of drug-likeness (QED) is 0.525. The molecule has 0 saturated heterocycles. The summed E-state index contributed by atoms with van der Waals surface area (Å²) in [6, 6.07) is 0. The zero-order valence-electron chi connectivity index (χ0n) is 4.72. The van der Waals surface area contributed by atoms with Gasteiger partial charge in [0.1, 0.15) is 0 Å². The van der Waals surface area contributed by atoms with Crippen LogP contribution in [0.25, 0.3) is 0 Å². The normalized spacial score (nSPS) is 11.6. The summed E-state index contributed by atoms with van der Waals surface area (Å²) in [5.41, 5.74) is 0. The summed E-state index contributed by atoms with van der Waals surface area (Å²) >= 11 is -0.266. The van der Waals surface area contributed by atoms with Gasteiger partial charge in [0.15, 0.2) is 0 Å². The van der Waals surface area contributed by atoms with Crippen LogP contribution < -0.4 is 0 Å². The van der Waals surface area contributed by atoms with Gasteiger partial charge >= 0.3 is 0 Å². The van der Waals surface area contributed by atoms with E-state index in [1.54, 1.807) is 0 Å². The number of rotatable bonds is 3. The molecule has 7 heavy (non-hydrogen) atoms. The molecule has 0 radical (unpaired) electrons. The molecule has 0 fully saturated rings. The third kappa shape index (κ3) is 6.27. The van der Waals surface area contributed by atoms with Gasteiger partial charge in [-0.3, -0.25) is 0 Å². The summed E-state index contributed by atoms with van der Waals surface area (Å²) in [6.07, 6.45) is 4.01. The molecule has 0 rings (SSSR count). The fourth-order valence-electron chi connectivity index (χ4n) is 0.223. The van der Waals surface area contributed by atoms with Crippen molar-refractivity contribution in [2.24, 2.45) is 0 Å². The van der Waals surface area contributed by atoms with Crippen molar-refractivity contribution in [1.29, 1.82) is 0 Å². The molecule has 2 nitrogen and oxygen atoms in total. The van der Waals surface area contributed by atoms with Crippen LogP contribution in [0.1, 0.15) is 0 Å². The zero-order valence-corrected chi connectivity index (χ0v) is 5.61. The van der Waals surface area contributed by atoms with E-state index < -0.39 is 0 Å². The predicted molar refractivity (Wildman–Crippen MR) is 33.9 cm³/mol. The second kappa shape index (κ2) is 4.43. The van der Waals surface area contributed by atoms with Crippen LogP contribution in [-0.4, -0.2) is 30.8 Å². The van der Waals surface area contributed by atoms with E-state index in [-0.39, 0.29) is 17.8 Å². The first-order valence-electron chi connectivity index (χ1n) is 2.18. The lowest BCUT2D eigenvalue weighted by molar-refractivity contribution is 0.219. The molecule has 46 valence electrons. The minimum absolute atomic E-state index is 0.139. The molecule has 3 heteroatoms. The molecule has 0 spiro atoms. The summed E-state index contributed by atoms with van der Waals surface area (Å²) in [5.74, 6) is 0. The van der Waals surface area contributed by atoms with E-state index >= 15 is 0 Å². The highest BCUT2D eigenvalue weighted by Crippen LogP contribution is 2.12. The second-order valence-electron chi connectivity index (χ2n) is 1.37. The van der Waals surface area contributed by atoms with Crippen molar-refractivity contribution in [3.63, 3.8) is 0 Å². The minimum Gasteiger partial charge on any atom is -0.394 e. The molecule has 0 aliphatic rings. The highest BCUT2D eigenvalue weighted by molar-refractivity contribution is 8.11. The highest BCUT2D eigenvalue weighted by atomic mass is 32.2. The topological polar surface area (TPSA) is 29.5 Å². The van der Waals surface area contributed by atoms with Gasteiger partial charge in [-0.25, -0.2) is 0 Å². The number of aliphatic hydroxyl groups is 1. The Balaban J connectivity index is 2.68. The van der Waals surface area contributed by atoms with Gasteiger partial charge in [-0.2, -0.15) is 11.2 Å². The van der Waals surface area contributed by atoms with Crippen molar-refractivity contribution in [3.8, 4) is 0 Å². The second-order valence-corrected chi connectivity index (χ2v) is 3.25. The lowest BCUT2D eigenvalue weighted by atomic mass is 10.8. The van der Waals surface area contributed by atoms with Crippen LogP contribution >= 0.6 is 11.2 Å². The van der Waals surface area contributed by atoms with Gasteiger partial charge in [0.2, 0.25) is 0 Å². The van der Waals surface area contributed by atoms with E-state index in [1.807, 2.05) is 12.5 Å². The molecule has 1 N–H and O–H groups in total. The average Bonchev–Trinajstić information content (AvgIpc) is 1.61. The summed E-state index contributed by atoms with van der Waals surface area (Å²) in [4.78, 5) is 0. The number of thiol groups is 1. The van der Waals surface area contributed by atoms with Crippen LogP contribution in [0.2, 0.25) is 0 Å². The van der Waals surface area contributed by atoms with Gasteiger partial charge in [-0.15, -0.1) is 0 Å². The standard InChI is InChI=1S/C4H12O2S/c1-7(2)6-4-3-5/h5,7H,3-4H2,1-2H3. The molecule has 0 aromatic carbocycles. The maximum atomic E-state index is 8.20. The molecule has 0 heterocycles. The van der Waals surface area contributed by atoms with E-state index in [1.165, 1.54) is 0 Å². The molecular weight excluding hydrogens is 112 g/mol. The van der Waals surface area contributed by atoms with Gasteiger partial charge in [0.05, 0.1) is 13.2 Å². The molecular formula is C4H12O2S. The van der Waals surface area contributed by atoms with Gasteiger partial charge in [-0.1, -0.05) is 0 Å². The first kappa shape index (κ1) is 7.27. The van der Waals surface area contributed by atoms with Gasteiger partial charge < -0.3 is 9.29 Å². The third-order valence-electron chi connectivity index (χ3n) is 0.441. The summed E-state index contributed by atoms with van der Waals surface area (Å²) in [7, 11) is 0. The van der Waals surface area contributed by atoms with E-state index in [9.17, 15) is 0 Å². The smallest absolute Gasteiger partial charge is 0.0820 e. The highest BCUT2D eigenvalue weighted by Gasteiger charge is 1.82. The molecule has 0 amide bonds. The molecule has 0 aromatic rings. The number of aliphatic hydroxyl groups excluding tert-OH is 1. The van der Waals surface area contributed by atoms with Crippen molar-refractivity contribution in [2.75, 3.05) is 25.7 Å². The first-order chi connectivity index (χ1) is 3.27. The molecule has 0 atom stereocenters. The lowest BCUT2D eigenvalue weighted by Crippen LogP contribution is -1.94. The number of hydrogen-bond acceptors (Lipinski definition) is 2. The first-order valence-corrected chi connectivity index (χ1v) is 4.34. The van der Waals surface area contributed by atoms with Crippen LogP contribution in [0.3, 0.4) is 0 Å². The van der Waals surface area contributed by atoms with Crippen LogP contribution in [0, 0.1) is 0 Å². The maximum Gasteiger partial charge on any atom is 0.0820 e. The largest absolute Gasteiger partial charge is 0.394 e. The fourth-order valence-corrected chi connectivity index (χ4v) is 0.670. The van der Waals surface area contributed by atoms with E-state index in [4.69, 9.17) is 9.29 Å². The summed E-state index contributed by atoms with van der Waals surface area (Å²) in [6.45, 7) is 0.624. The Morgan fingerprint density at radius 2 is 2.14 bits per heavy atom. The number of hydrogen-bond donors (Lipinski definition) is 2. The van der Waals surface area contributed by atoms with Gasteiger partial charge in [-0.05, 0) is 12.5 Å². The molecule has 0 saturated carbocycles. The van der Waals surface area contributed by atoms with Crippen LogP contribution in [0.5, 0.6) is 0 Å². The zero-order chi connectivity index (χ0) is 5.70. The van der Waals surface area contributed by atoms with Crippen LogP contribution in [0.15, 0.2) is 0 Å². The summed E-state index contributed by atoms with van der Waals surface area (Å²) < 4.78 is 5.01. The Morgan fingerprint density at radius 1 is 1.57 bits per heavy atom. The van der Waals surface area contributed by atoms with E-state index in [2.05, 4.69) is 0 Å². The third-order valence-corrected chi connectivity index (χ3v) is 1.14. The van der Waals surface area contributed by atoms with Gasteiger partial charge in [0, 0.05) is 0 Å². The van der Waals surface area contributed by atoms with Crippen molar-refractivity contribution in [3.05, 3.63) is 0 Å². The maximum absolute atomic E-state index is 8.20. The lowest BCUT2D eigenvalue weighted by Gasteiger charge is -2.07. The van der Waals surface area contributed by atoms with Crippen molar-refractivity contribution < 1.29 is 9.29 Å². The molecule has 0 aliphatic carbocycles.